The van der Waals surface area contributed by atoms with Crippen molar-refractivity contribution >= 4 is 0 Å². The van der Waals surface area contributed by atoms with Crippen LogP contribution in [0.5, 0.6) is 0 Å². The molecule has 0 radical (unpaired) electrons. The van der Waals surface area contributed by atoms with E-state index in [1.54, 1.807) is 11.9 Å². The summed E-state index contributed by atoms with van der Waals surface area (Å²) in [5.41, 5.74) is 0.963. The summed E-state index contributed by atoms with van der Waals surface area (Å²) in [6, 6.07) is 10.1. The summed E-state index contributed by atoms with van der Waals surface area (Å²) in [5, 5.41) is 3.29. The summed E-state index contributed by atoms with van der Waals surface area (Å²) in [6.07, 6.45) is -4.87. The summed E-state index contributed by atoms with van der Waals surface area (Å²) in [4.78, 5) is 1.75. The predicted molar refractivity (Wildman–Crippen MR) is 80.2 cm³/mol. The van der Waals surface area contributed by atoms with E-state index in [0.29, 0.717) is 6.54 Å². The molecule has 0 bridgehead atoms. The van der Waals surface area contributed by atoms with Crippen LogP contribution in [-0.2, 0) is 0 Å². The largest absolute Gasteiger partial charge is 0.390 e. The van der Waals surface area contributed by atoms with Crippen molar-refractivity contribution in [2.24, 2.45) is 5.41 Å². The van der Waals surface area contributed by atoms with Crippen LogP contribution in [0.1, 0.15) is 31.9 Å². The molecule has 0 aliphatic rings. The quantitative estimate of drug-likeness (QED) is 0.823. The first-order valence-electron chi connectivity index (χ1n) is 7.13. The molecule has 0 fully saturated rings. The van der Waals surface area contributed by atoms with Gasteiger partial charge in [0.1, 0.15) is 0 Å². The average Bonchev–Trinajstić information content (AvgIpc) is 2.37. The summed E-state index contributed by atoms with van der Waals surface area (Å²) in [5.74, 6) is 0. The van der Waals surface area contributed by atoms with Crippen LogP contribution in [0.15, 0.2) is 30.3 Å². The summed E-state index contributed by atoms with van der Waals surface area (Å²) in [6.45, 7) is 4.76. The maximum absolute atomic E-state index is 12.3. The van der Waals surface area contributed by atoms with Crippen molar-refractivity contribution in [1.82, 2.24) is 10.2 Å². The number of nitrogens with zero attached hydrogens (tertiary/aromatic N) is 1. The monoisotopic (exact) mass is 302 g/mol. The minimum Gasteiger partial charge on any atom is -0.313 e. The van der Waals surface area contributed by atoms with Gasteiger partial charge in [-0.3, -0.25) is 0 Å². The van der Waals surface area contributed by atoms with Crippen LogP contribution in [0, 0.1) is 5.41 Å². The van der Waals surface area contributed by atoms with Gasteiger partial charge in [0.25, 0.3) is 0 Å². The minimum absolute atomic E-state index is 0.0259. The van der Waals surface area contributed by atoms with Gasteiger partial charge in [-0.1, -0.05) is 44.2 Å². The molecule has 0 aliphatic heterocycles. The molecule has 1 aromatic rings. The van der Waals surface area contributed by atoms with E-state index in [0.717, 1.165) is 5.56 Å². The topological polar surface area (TPSA) is 15.3 Å². The Morgan fingerprint density at radius 2 is 1.71 bits per heavy atom. The first-order chi connectivity index (χ1) is 9.65. The standard InChI is InChI=1S/C16H25F3N2/c1-15(2,12-21(4)11-10-16(17,18)19)14(20-3)13-8-6-5-7-9-13/h5-9,14,20H,10-12H2,1-4H3. The van der Waals surface area contributed by atoms with E-state index in [1.165, 1.54) is 0 Å². The Bertz CT molecular complexity index is 415. The molecule has 1 N–H and O–H groups in total. The van der Waals surface area contributed by atoms with Gasteiger partial charge in [-0.2, -0.15) is 13.2 Å². The first-order valence-corrected chi connectivity index (χ1v) is 7.13. The first kappa shape index (κ1) is 18.0. The molecule has 5 heteroatoms. The summed E-state index contributed by atoms with van der Waals surface area (Å²) < 4.78 is 36.9. The van der Waals surface area contributed by atoms with Gasteiger partial charge < -0.3 is 10.2 Å². The maximum atomic E-state index is 12.3. The molecule has 0 saturated carbocycles. The van der Waals surface area contributed by atoms with E-state index in [2.05, 4.69) is 19.2 Å². The molecule has 1 aromatic carbocycles. The molecule has 0 amide bonds. The highest BCUT2D eigenvalue weighted by atomic mass is 19.4. The zero-order chi connectivity index (χ0) is 16.1. The number of halogens is 3. The van der Waals surface area contributed by atoms with Crippen molar-refractivity contribution in [3.63, 3.8) is 0 Å². The van der Waals surface area contributed by atoms with Crippen LogP contribution < -0.4 is 5.32 Å². The molecule has 0 aromatic heterocycles. The fraction of sp³-hybridized carbons (Fsp3) is 0.625. The Kier molecular flexibility index (Phi) is 6.23. The third-order valence-corrected chi connectivity index (χ3v) is 3.66. The lowest BCUT2D eigenvalue weighted by molar-refractivity contribution is -0.138. The van der Waals surface area contributed by atoms with Crippen LogP contribution in [-0.4, -0.2) is 38.3 Å². The predicted octanol–water partition coefficient (Wildman–Crippen LogP) is 3.86. The van der Waals surface area contributed by atoms with Crippen molar-refractivity contribution in [3.8, 4) is 0 Å². The molecular formula is C16H25F3N2. The normalized spacial score (nSPS) is 14.5. The molecule has 120 valence electrons. The SMILES string of the molecule is CNC(c1ccccc1)C(C)(C)CN(C)CCC(F)(F)F. The molecule has 21 heavy (non-hydrogen) atoms. The lowest BCUT2D eigenvalue weighted by atomic mass is 9.80. The summed E-state index contributed by atoms with van der Waals surface area (Å²) >= 11 is 0. The van der Waals surface area contributed by atoms with Crippen LogP contribution in [0.2, 0.25) is 0 Å². The number of alkyl halides is 3. The highest BCUT2D eigenvalue weighted by molar-refractivity contribution is 5.21. The number of hydrogen-bond donors (Lipinski definition) is 1. The van der Waals surface area contributed by atoms with E-state index in [1.807, 2.05) is 37.4 Å². The molecule has 0 aliphatic carbocycles. The van der Waals surface area contributed by atoms with E-state index in [-0.39, 0.29) is 18.0 Å². The summed E-state index contributed by atoms with van der Waals surface area (Å²) in [7, 11) is 3.63. The van der Waals surface area contributed by atoms with Crippen molar-refractivity contribution < 1.29 is 13.2 Å². The average molecular weight is 302 g/mol. The Balaban J connectivity index is 2.70. The Hall–Kier alpha value is -1.07. The van der Waals surface area contributed by atoms with Gasteiger partial charge in [0.05, 0.1) is 6.42 Å². The lowest BCUT2D eigenvalue weighted by Gasteiger charge is -2.38. The van der Waals surface area contributed by atoms with Gasteiger partial charge in [0.15, 0.2) is 0 Å². The third kappa shape index (κ3) is 6.06. The number of rotatable bonds is 7. The van der Waals surface area contributed by atoms with Crippen molar-refractivity contribution in [3.05, 3.63) is 35.9 Å². The fourth-order valence-electron chi connectivity index (χ4n) is 2.84. The molecule has 0 spiro atoms. The number of nitrogens with one attached hydrogen (secondary N) is 1. The zero-order valence-electron chi connectivity index (χ0n) is 13.2. The van der Waals surface area contributed by atoms with Gasteiger partial charge >= 0.3 is 6.18 Å². The maximum Gasteiger partial charge on any atom is 0.390 e. The van der Waals surface area contributed by atoms with Crippen LogP contribution in [0.25, 0.3) is 0 Å². The second-order valence-corrected chi connectivity index (χ2v) is 6.22. The Morgan fingerprint density at radius 1 is 1.14 bits per heavy atom. The zero-order valence-corrected chi connectivity index (χ0v) is 13.2. The number of benzene rings is 1. The molecule has 1 unspecified atom stereocenters. The number of hydrogen-bond acceptors (Lipinski definition) is 2. The van der Waals surface area contributed by atoms with Crippen LogP contribution in [0.3, 0.4) is 0 Å². The van der Waals surface area contributed by atoms with Gasteiger partial charge in [-0.15, -0.1) is 0 Å². The second kappa shape index (κ2) is 7.27. The van der Waals surface area contributed by atoms with Gasteiger partial charge in [0, 0.05) is 19.1 Å². The van der Waals surface area contributed by atoms with Crippen molar-refractivity contribution in [2.75, 3.05) is 27.2 Å². The highest BCUT2D eigenvalue weighted by Gasteiger charge is 2.32. The fourth-order valence-corrected chi connectivity index (χ4v) is 2.84. The van der Waals surface area contributed by atoms with E-state index >= 15 is 0 Å². The smallest absolute Gasteiger partial charge is 0.313 e. The molecule has 2 nitrogen and oxygen atoms in total. The molecule has 1 rings (SSSR count). The highest BCUT2D eigenvalue weighted by Crippen LogP contribution is 2.34. The van der Waals surface area contributed by atoms with Gasteiger partial charge in [-0.05, 0) is 25.1 Å². The van der Waals surface area contributed by atoms with E-state index in [9.17, 15) is 13.2 Å². The molecular weight excluding hydrogens is 277 g/mol. The molecule has 1 atom stereocenters. The van der Waals surface area contributed by atoms with Crippen molar-refractivity contribution in [2.45, 2.75) is 32.5 Å². The Morgan fingerprint density at radius 3 is 2.19 bits per heavy atom. The van der Waals surface area contributed by atoms with Crippen LogP contribution >= 0.6 is 0 Å². The molecule has 0 saturated heterocycles. The lowest BCUT2D eigenvalue weighted by Crippen LogP contribution is -2.41. The molecule has 0 heterocycles. The van der Waals surface area contributed by atoms with Gasteiger partial charge in [-0.25, -0.2) is 0 Å². The van der Waals surface area contributed by atoms with E-state index in [4.69, 9.17) is 0 Å². The third-order valence-electron chi connectivity index (χ3n) is 3.66. The van der Waals surface area contributed by atoms with E-state index < -0.39 is 12.6 Å². The van der Waals surface area contributed by atoms with Crippen LogP contribution in [0.4, 0.5) is 13.2 Å². The Labute approximate surface area is 125 Å². The second-order valence-electron chi connectivity index (χ2n) is 6.22. The van der Waals surface area contributed by atoms with Gasteiger partial charge in [0.2, 0.25) is 0 Å². The van der Waals surface area contributed by atoms with Crippen molar-refractivity contribution in [1.29, 1.82) is 0 Å². The minimum atomic E-state index is -4.10.